The number of esters is 1. The molecule has 0 atom stereocenters. The van der Waals surface area contributed by atoms with E-state index in [0.717, 1.165) is 10.0 Å². The lowest BCUT2D eigenvalue weighted by Gasteiger charge is -2.01. The molecule has 1 aromatic carbocycles. The molecule has 0 saturated heterocycles. The molecule has 4 nitrogen and oxygen atoms in total. The van der Waals surface area contributed by atoms with E-state index in [1.54, 1.807) is 10.9 Å². The van der Waals surface area contributed by atoms with Crippen LogP contribution in [0.2, 0.25) is 0 Å². The van der Waals surface area contributed by atoms with Crippen molar-refractivity contribution in [2.24, 2.45) is 0 Å². The first-order valence-corrected chi connectivity index (χ1v) is 5.83. The fraction of sp³-hybridized carbons (Fsp3) is 0.167. The zero-order chi connectivity index (χ0) is 12.3. The van der Waals surface area contributed by atoms with Crippen LogP contribution >= 0.6 is 15.9 Å². The van der Waals surface area contributed by atoms with Crippen LogP contribution in [0.3, 0.4) is 0 Å². The first kappa shape index (κ1) is 11.9. The maximum Gasteiger partial charge on any atom is 0.341 e. The van der Waals surface area contributed by atoms with Gasteiger partial charge < -0.3 is 4.74 Å². The molecule has 0 saturated carbocycles. The number of methoxy groups -OCH3 is 1. The Morgan fingerprint density at radius 3 is 2.76 bits per heavy atom. The monoisotopic (exact) mass is 294 g/mol. The third-order valence-electron chi connectivity index (χ3n) is 2.31. The maximum atomic E-state index is 11.2. The van der Waals surface area contributed by atoms with E-state index >= 15 is 0 Å². The summed E-state index contributed by atoms with van der Waals surface area (Å²) in [5.41, 5.74) is 1.58. The number of aromatic nitrogens is 2. The van der Waals surface area contributed by atoms with Gasteiger partial charge in [0.15, 0.2) is 0 Å². The molecule has 0 amide bonds. The molecule has 0 bridgehead atoms. The molecule has 88 valence electrons. The number of benzene rings is 1. The third kappa shape index (κ3) is 2.94. The molecule has 1 aromatic heterocycles. The minimum Gasteiger partial charge on any atom is -0.465 e. The number of halogens is 1. The van der Waals surface area contributed by atoms with Crippen molar-refractivity contribution in [3.05, 3.63) is 52.3 Å². The van der Waals surface area contributed by atoms with Gasteiger partial charge in [0.05, 0.1) is 25.4 Å². The number of hydrogen-bond donors (Lipinski definition) is 0. The maximum absolute atomic E-state index is 11.2. The van der Waals surface area contributed by atoms with E-state index in [1.807, 2.05) is 24.3 Å². The van der Waals surface area contributed by atoms with Gasteiger partial charge in [-0.05, 0) is 17.7 Å². The van der Waals surface area contributed by atoms with E-state index in [4.69, 9.17) is 0 Å². The Kier molecular flexibility index (Phi) is 3.58. The first-order chi connectivity index (χ1) is 8.19. The van der Waals surface area contributed by atoms with E-state index in [1.165, 1.54) is 13.3 Å². The van der Waals surface area contributed by atoms with Crippen LogP contribution in [-0.2, 0) is 11.3 Å². The van der Waals surface area contributed by atoms with Crippen LogP contribution in [0.15, 0.2) is 41.1 Å². The highest BCUT2D eigenvalue weighted by atomic mass is 79.9. The fourth-order valence-corrected chi connectivity index (χ4v) is 1.71. The Bertz CT molecular complexity index is 520. The van der Waals surface area contributed by atoms with Gasteiger partial charge >= 0.3 is 5.97 Å². The fourth-order valence-electron chi connectivity index (χ4n) is 1.45. The molecule has 0 unspecified atom stereocenters. The molecule has 17 heavy (non-hydrogen) atoms. The molecule has 2 rings (SSSR count). The normalized spacial score (nSPS) is 10.2. The second kappa shape index (κ2) is 5.14. The van der Waals surface area contributed by atoms with Crippen molar-refractivity contribution in [1.82, 2.24) is 9.78 Å². The van der Waals surface area contributed by atoms with Crippen LogP contribution < -0.4 is 0 Å². The number of carbonyl (C=O) groups excluding carboxylic acids is 1. The van der Waals surface area contributed by atoms with Gasteiger partial charge in [-0.15, -0.1) is 0 Å². The van der Waals surface area contributed by atoms with Crippen LogP contribution in [0, 0.1) is 0 Å². The molecule has 0 N–H and O–H groups in total. The highest BCUT2D eigenvalue weighted by molar-refractivity contribution is 9.10. The highest BCUT2D eigenvalue weighted by Gasteiger charge is 2.08. The second-order valence-corrected chi connectivity index (χ2v) is 4.46. The van der Waals surface area contributed by atoms with Crippen LogP contribution in [-0.4, -0.2) is 22.9 Å². The number of ether oxygens (including phenoxy) is 1. The summed E-state index contributed by atoms with van der Waals surface area (Å²) in [5, 5.41) is 4.11. The highest BCUT2D eigenvalue weighted by Crippen LogP contribution is 2.11. The smallest absolute Gasteiger partial charge is 0.341 e. The van der Waals surface area contributed by atoms with E-state index in [2.05, 4.69) is 25.8 Å². The molecule has 5 heteroatoms. The summed E-state index contributed by atoms with van der Waals surface area (Å²) in [6.07, 6.45) is 3.18. The quantitative estimate of drug-likeness (QED) is 0.817. The Labute approximate surface area is 107 Å². The predicted octanol–water partition coefficient (Wildman–Crippen LogP) is 2.48. The van der Waals surface area contributed by atoms with E-state index in [-0.39, 0.29) is 5.97 Å². The van der Waals surface area contributed by atoms with Gasteiger partial charge in [-0.25, -0.2) is 4.79 Å². The molecular formula is C12H11BrN2O2. The number of nitrogens with zero attached hydrogens (tertiary/aromatic N) is 2. The Hall–Kier alpha value is -1.62. The number of carbonyl (C=O) groups is 1. The molecule has 0 spiro atoms. The lowest BCUT2D eigenvalue weighted by molar-refractivity contribution is 0.0600. The molecule has 0 aliphatic rings. The Morgan fingerprint density at radius 1 is 1.41 bits per heavy atom. The first-order valence-electron chi connectivity index (χ1n) is 5.04. The topological polar surface area (TPSA) is 44.1 Å². The Balaban J connectivity index is 2.11. The predicted molar refractivity (Wildman–Crippen MR) is 66.8 cm³/mol. The minimum absolute atomic E-state index is 0.368. The van der Waals surface area contributed by atoms with Crippen LogP contribution in [0.5, 0.6) is 0 Å². The molecule has 0 aliphatic carbocycles. The van der Waals surface area contributed by atoms with Crippen molar-refractivity contribution in [1.29, 1.82) is 0 Å². The van der Waals surface area contributed by atoms with E-state index in [0.29, 0.717) is 12.1 Å². The summed E-state index contributed by atoms with van der Waals surface area (Å²) in [6, 6.07) is 7.95. The third-order valence-corrected chi connectivity index (χ3v) is 2.84. The van der Waals surface area contributed by atoms with Gasteiger partial charge in [-0.2, -0.15) is 5.10 Å². The summed E-state index contributed by atoms with van der Waals surface area (Å²) in [4.78, 5) is 11.2. The molecular weight excluding hydrogens is 284 g/mol. The van der Waals surface area contributed by atoms with Crippen molar-refractivity contribution in [3.8, 4) is 0 Å². The summed E-state index contributed by atoms with van der Waals surface area (Å²) >= 11 is 3.38. The van der Waals surface area contributed by atoms with Crippen LogP contribution in [0.25, 0.3) is 0 Å². The lowest BCUT2D eigenvalue weighted by Crippen LogP contribution is -2.01. The summed E-state index contributed by atoms with van der Waals surface area (Å²) in [5.74, 6) is -0.368. The van der Waals surface area contributed by atoms with E-state index in [9.17, 15) is 4.79 Å². The molecule has 0 fully saturated rings. The molecule has 1 heterocycles. The van der Waals surface area contributed by atoms with Crippen LogP contribution in [0.4, 0.5) is 0 Å². The van der Waals surface area contributed by atoms with Gasteiger partial charge in [-0.3, -0.25) is 4.68 Å². The molecule has 2 aromatic rings. The summed E-state index contributed by atoms with van der Waals surface area (Å²) < 4.78 is 7.36. The Morgan fingerprint density at radius 2 is 2.12 bits per heavy atom. The minimum atomic E-state index is -0.368. The number of hydrogen-bond acceptors (Lipinski definition) is 3. The average molecular weight is 295 g/mol. The van der Waals surface area contributed by atoms with Crippen LogP contribution in [0.1, 0.15) is 15.9 Å². The molecule has 0 aliphatic heterocycles. The second-order valence-electron chi connectivity index (χ2n) is 3.54. The van der Waals surface area contributed by atoms with E-state index < -0.39 is 0 Å². The standard InChI is InChI=1S/C12H11BrN2O2/c1-17-12(16)10-6-14-15(8-10)7-9-2-4-11(13)5-3-9/h2-6,8H,7H2,1H3. The molecule has 0 radical (unpaired) electrons. The van der Waals surface area contributed by atoms with Gasteiger partial charge in [0, 0.05) is 10.7 Å². The average Bonchev–Trinajstić information content (AvgIpc) is 2.80. The lowest BCUT2D eigenvalue weighted by atomic mass is 10.2. The largest absolute Gasteiger partial charge is 0.465 e. The van der Waals surface area contributed by atoms with Crippen molar-refractivity contribution in [2.45, 2.75) is 6.54 Å². The number of rotatable bonds is 3. The van der Waals surface area contributed by atoms with Crippen molar-refractivity contribution < 1.29 is 9.53 Å². The SMILES string of the molecule is COC(=O)c1cnn(Cc2ccc(Br)cc2)c1. The van der Waals surface area contributed by atoms with Crippen molar-refractivity contribution in [3.63, 3.8) is 0 Å². The van der Waals surface area contributed by atoms with Gasteiger partial charge in [0.2, 0.25) is 0 Å². The zero-order valence-electron chi connectivity index (χ0n) is 9.26. The zero-order valence-corrected chi connectivity index (χ0v) is 10.8. The van der Waals surface area contributed by atoms with Crippen molar-refractivity contribution in [2.75, 3.05) is 7.11 Å². The van der Waals surface area contributed by atoms with Gasteiger partial charge in [-0.1, -0.05) is 28.1 Å². The van der Waals surface area contributed by atoms with Gasteiger partial charge in [0.1, 0.15) is 0 Å². The summed E-state index contributed by atoms with van der Waals surface area (Å²) in [6.45, 7) is 0.629. The van der Waals surface area contributed by atoms with Gasteiger partial charge in [0.25, 0.3) is 0 Å². The van der Waals surface area contributed by atoms with Crippen molar-refractivity contribution >= 4 is 21.9 Å². The summed E-state index contributed by atoms with van der Waals surface area (Å²) in [7, 11) is 1.36.